The van der Waals surface area contributed by atoms with Gasteiger partial charge in [-0.1, -0.05) is 20.8 Å². The van der Waals surface area contributed by atoms with Crippen LogP contribution in [-0.2, 0) is 9.47 Å². The number of nitrogens with one attached hydrogen (secondary N) is 1. The lowest BCUT2D eigenvalue weighted by atomic mass is 9.84. The van der Waals surface area contributed by atoms with Gasteiger partial charge in [0, 0.05) is 13.7 Å². The molecule has 0 saturated heterocycles. The summed E-state index contributed by atoms with van der Waals surface area (Å²) in [5.41, 5.74) is 0.423. The minimum absolute atomic E-state index is 0.423. The molecule has 0 fully saturated rings. The van der Waals surface area contributed by atoms with Crippen molar-refractivity contribution >= 4 is 0 Å². The number of hydrogen-bond acceptors (Lipinski definition) is 3. The van der Waals surface area contributed by atoms with Gasteiger partial charge in [-0.25, -0.2) is 0 Å². The van der Waals surface area contributed by atoms with Crippen molar-refractivity contribution in [2.24, 2.45) is 5.41 Å². The minimum atomic E-state index is 0.423. The van der Waals surface area contributed by atoms with Crippen LogP contribution >= 0.6 is 0 Å². The van der Waals surface area contributed by atoms with Crippen molar-refractivity contribution in [2.45, 2.75) is 40.0 Å². The van der Waals surface area contributed by atoms with E-state index in [0.29, 0.717) is 18.6 Å². The standard InChI is InChI=1S/C13H29NO2/c1-5-14-9-8-13(2,3)7-6-10-16-12-11-15-4/h14H,5-12H2,1-4H3. The van der Waals surface area contributed by atoms with Gasteiger partial charge in [0.05, 0.1) is 13.2 Å². The Morgan fingerprint density at radius 2 is 1.81 bits per heavy atom. The van der Waals surface area contributed by atoms with Crippen LogP contribution in [0.15, 0.2) is 0 Å². The van der Waals surface area contributed by atoms with Gasteiger partial charge in [-0.2, -0.15) is 0 Å². The van der Waals surface area contributed by atoms with Crippen molar-refractivity contribution in [1.29, 1.82) is 0 Å². The van der Waals surface area contributed by atoms with E-state index in [1.54, 1.807) is 7.11 Å². The summed E-state index contributed by atoms with van der Waals surface area (Å²) in [6, 6.07) is 0. The van der Waals surface area contributed by atoms with E-state index in [2.05, 4.69) is 26.1 Å². The molecule has 0 aliphatic heterocycles. The van der Waals surface area contributed by atoms with E-state index in [-0.39, 0.29) is 0 Å². The van der Waals surface area contributed by atoms with E-state index in [1.165, 1.54) is 12.8 Å². The fourth-order valence-electron chi connectivity index (χ4n) is 1.63. The maximum Gasteiger partial charge on any atom is 0.0700 e. The van der Waals surface area contributed by atoms with Gasteiger partial charge in [0.15, 0.2) is 0 Å². The van der Waals surface area contributed by atoms with Gasteiger partial charge < -0.3 is 14.8 Å². The minimum Gasteiger partial charge on any atom is -0.382 e. The molecule has 1 N–H and O–H groups in total. The molecule has 0 aromatic rings. The topological polar surface area (TPSA) is 30.5 Å². The summed E-state index contributed by atoms with van der Waals surface area (Å²) in [7, 11) is 1.70. The van der Waals surface area contributed by atoms with Gasteiger partial charge in [-0.05, 0) is 37.8 Å². The van der Waals surface area contributed by atoms with Gasteiger partial charge in [-0.3, -0.25) is 0 Å². The van der Waals surface area contributed by atoms with E-state index >= 15 is 0 Å². The molecular formula is C13H29NO2. The highest BCUT2D eigenvalue weighted by atomic mass is 16.5. The molecule has 0 atom stereocenters. The molecule has 98 valence electrons. The molecule has 0 aromatic heterocycles. The van der Waals surface area contributed by atoms with Crippen molar-refractivity contribution in [1.82, 2.24) is 5.32 Å². The third-order valence-corrected chi connectivity index (χ3v) is 2.80. The zero-order valence-corrected chi connectivity index (χ0v) is 11.5. The smallest absolute Gasteiger partial charge is 0.0700 e. The Bertz CT molecular complexity index is 149. The van der Waals surface area contributed by atoms with Crippen molar-refractivity contribution in [3.8, 4) is 0 Å². The second-order valence-corrected chi connectivity index (χ2v) is 4.98. The zero-order chi connectivity index (χ0) is 12.3. The molecule has 0 radical (unpaired) electrons. The molecule has 0 bridgehead atoms. The molecule has 0 heterocycles. The van der Waals surface area contributed by atoms with Crippen molar-refractivity contribution in [2.75, 3.05) is 40.0 Å². The SMILES string of the molecule is CCNCCC(C)(C)CCCOCCOC. The van der Waals surface area contributed by atoms with Crippen LogP contribution < -0.4 is 5.32 Å². The van der Waals surface area contributed by atoms with Crippen molar-refractivity contribution in [3.63, 3.8) is 0 Å². The van der Waals surface area contributed by atoms with Crippen molar-refractivity contribution < 1.29 is 9.47 Å². The molecule has 0 aliphatic rings. The van der Waals surface area contributed by atoms with E-state index in [4.69, 9.17) is 9.47 Å². The second kappa shape index (κ2) is 10.1. The molecule has 0 spiro atoms. The maximum absolute atomic E-state index is 5.45. The molecule has 0 aliphatic carbocycles. The van der Waals surface area contributed by atoms with Crippen LogP contribution in [0.2, 0.25) is 0 Å². The summed E-state index contributed by atoms with van der Waals surface area (Å²) in [5, 5.41) is 3.37. The fraction of sp³-hybridized carbons (Fsp3) is 1.00. The van der Waals surface area contributed by atoms with E-state index in [9.17, 15) is 0 Å². The largest absolute Gasteiger partial charge is 0.382 e. The predicted molar refractivity (Wildman–Crippen MR) is 68.9 cm³/mol. The lowest BCUT2D eigenvalue weighted by Crippen LogP contribution is -2.22. The van der Waals surface area contributed by atoms with Crippen LogP contribution in [0.5, 0.6) is 0 Å². The Morgan fingerprint density at radius 3 is 2.44 bits per heavy atom. The Balaban J connectivity index is 3.35. The normalized spacial score (nSPS) is 12.0. The first-order chi connectivity index (χ1) is 7.62. The number of hydrogen-bond donors (Lipinski definition) is 1. The Labute approximate surface area is 101 Å². The van der Waals surface area contributed by atoms with Crippen LogP contribution in [-0.4, -0.2) is 40.0 Å². The molecule has 0 rings (SSSR count). The van der Waals surface area contributed by atoms with Gasteiger partial charge in [0.2, 0.25) is 0 Å². The molecule has 0 unspecified atom stereocenters. The fourth-order valence-corrected chi connectivity index (χ4v) is 1.63. The average molecular weight is 231 g/mol. The van der Waals surface area contributed by atoms with Gasteiger partial charge in [-0.15, -0.1) is 0 Å². The van der Waals surface area contributed by atoms with Crippen LogP contribution in [0.3, 0.4) is 0 Å². The summed E-state index contributed by atoms with van der Waals surface area (Å²) < 4.78 is 10.4. The first-order valence-electron chi connectivity index (χ1n) is 6.40. The summed E-state index contributed by atoms with van der Waals surface area (Å²) in [5.74, 6) is 0. The van der Waals surface area contributed by atoms with Crippen LogP contribution in [0, 0.1) is 5.41 Å². The van der Waals surface area contributed by atoms with Crippen molar-refractivity contribution in [3.05, 3.63) is 0 Å². The summed E-state index contributed by atoms with van der Waals surface area (Å²) in [4.78, 5) is 0. The summed E-state index contributed by atoms with van der Waals surface area (Å²) in [6.45, 7) is 11.3. The van der Waals surface area contributed by atoms with E-state index < -0.39 is 0 Å². The predicted octanol–water partition coefficient (Wildman–Crippen LogP) is 2.46. The zero-order valence-electron chi connectivity index (χ0n) is 11.5. The molecule has 0 amide bonds. The highest BCUT2D eigenvalue weighted by Crippen LogP contribution is 2.25. The second-order valence-electron chi connectivity index (χ2n) is 4.98. The monoisotopic (exact) mass is 231 g/mol. The van der Waals surface area contributed by atoms with Crippen LogP contribution in [0.25, 0.3) is 0 Å². The van der Waals surface area contributed by atoms with Gasteiger partial charge in [0.1, 0.15) is 0 Å². The number of rotatable bonds is 11. The average Bonchev–Trinajstić information content (AvgIpc) is 2.23. The van der Waals surface area contributed by atoms with Gasteiger partial charge in [0.25, 0.3) is 0 Å². The number of methoxy groups -OCH3 is 1. The lowest BCUT2D eigenvalue weighted by Gasteiger charge is -2.24. The highest BCUT2D eigenvalue weighted by molar-refractivity contribution is 4.69. The molecule has 16 heavy (non-hydrogen) atoms. The Kier molecular flexibility index (Phi) is 9.99. The van der Waals surface area contributed by atoms with Gasteiger partial charge >= 0.3 is 0 Å². The third kappa shape index (κ3) is 10.4. The molecular weight excluding hydrogens is 202 g/mol. The third-order valence-electron chi connectivity index (χ3n) is 2.80. The lowest BCUT2D eigenvalue weighted by molar-refractivity contribution is 0.0645. The quantitative estimate of drug-likeness (QED) is 0.554. The van der Waals surface area contributed by atoms with Crippen LogP contribution in [0.1, 0.15) is 40.0 Å². The first-order valence-corrected chi connectivity index (χ1v) is 6.40. The van der Waals surface area contributed by atoms with E-state index in [0.717, 1.165) is 26.1 Å². The summed E-state index contributed by atoms with van der Waals surface area (Å²) in [6.07, 6.45) is 3.60. The maximum atomic E-state index is 5.45. The summed E-state index contributed by atoms with van der Waals surface area (Å²) >= 11 is 0. The number of ether oxygens (including phenoxy) is 2. The molecule has 3 nitrogen and oxygen atoms in total. The van der Waals surface area contributed by atoms with E-state index in [1.807, 2.05) is 0 Å². The Hall–Kier alpha value is -0.120. The molecule has 3 heteroatoms. The van der Waals surface area contributed by atoms with Crippen LogP contribution in [0.4, 0.5) is 0 Å². The Morgan fingerprint density at radius 1 is 1.06 bits per heavy atom. The molecule has 0 aromatic carbocycles. The first kappa shape index (κ1) is 15.9. The molecule has 0 saturated carbocycles. The highest BCUT2D eigenvalue weighted by Gasteiger charge is 2.16.